The Labute approximate surface area is 238 Å². The second-order valence-corrected chi connectivity index (χ2v) is 11.7. The molecule has 15 heteroatoms. The van der Waals surface area contributed by atoms with E-state index in [9.17, 15) is 24.4 Å². The summed E-state index contributed by atoms with van der Waals surface area (Å²) in [6.07, 6.45) is 1.14. The number of hydrogen-bond donors (Lipinski definition) is 2. The van der Waals surface area contributed by atoms with Gasteiger partial charge in [-0.1, -0.05) is 27.1 Å². The zero-order chi connectivity index (χ0) is 29.0. The van der Waals surface area contributed by atoms with Crippen LogP contribution in [0.4, 0.5) is 4.39 Å². The number of alkyl halides is 1. The molecule has 218 valence electrons. The Bertz CT molecular complexity index is 1360. The topological polar surface area (TPSA) is 164 Å². The molecule has 2 N–H and O–H groups in total. The van der Waals surface area contributed by atoms with Gasteiger partial charge in [0.25, 0.3) is 5.56 Å². The summed E-state index contributed by atoms with van der Waals surface area (Å²) in [6, 6.07) is 4.58. The summed E-state index contributed by atoms with van der Waals surface area (Å²) in [4.78, 5) is 50.6. The van der Waals surface area contributed by atoms with Crippen LogP contribution in [-0.4, -0.2) is 57.3 Å². The zero-order valence-corrected chi connectivity index (χ0v) is 24.3. The Hall–Kier alpha value is -2.64. The van der Waals surface area contributed by atoms with E-state index in [0.717, 1.165) is 55.9 Å². The number of nitrogens with zero attached hydrogens (tertiary/aromatic N) is 2. The summed E-state index contributed by atoms with van der Waals surface area (Å²) < 4.78 is 43.0. The van der Waals surface area contributed by atoms with Crippen LogP contribution in [0.15, 0.2) is 49.3 Å². The zero-order valence-electron chi connectivity index (χ0n) is 21.8. The van der Waals surface area contributed by atoms with Gasteiger partial charge in [0.15, 0.2) is 23.7 Å². The van der Waals surface area contributed by atoms with E-state index in [1.54, 1.807) is 6.07 Å². The predicted octanol–water partition coefficient (Wildman–Crippen LogP) is 2.86. The van der Waals surface area contributed by atoms with Crippen LogP contribution in [0.2, 0.25) is 0 Å². The highest BCUT2D eigenvalue weighted by Gasteiger charge is 2.55. The molecule has 2 aliphatic rings. The number of ether oxygens (including phenoxy) is 3. The van der Waals surface area contributed by atoms with Gasteiger partial charge in [-0.05, 0) is 57.7 Å². The van der Waals surface area contributed by atoms with Crippen LogP contribution >= 0.6 is 24.1 Å². The summed E-state index contributed by atoms with van der Waals surface area (Å²) in [5.41, 5.74) is -3.97. The normalized spacial score (nSPS) is 26.4. The minimum Gasteiger partial charge on any atom is -0.575 e. The molecule has 12 nitrogen and oxygen atoms in total. The van der Waals surface area contributed by atoms with Crippen molar-refractivity contribution in [3.8, 4) is 11.5 Å². The largest absolute Gasteiger partial charge is 0.575 e. The number of esters is 1. The Morgan fingerprint density at radius 3 is 2.75 bits per heavy atom. The fraction of sp³-hybridized carbons (Fsp3) is 0.560. The molecule has 2 unspecified atom stereocenters. The quantitative estimate of drug-likeness (QED) is 0.308. The molecule has 1 aliphatic heterocycles. The minimum atomic E-state index is -2.70. The van der Waals surface area contributed by atoms with Gasteiger partial charge >= 0.3 is 19.8 Å². The highest BCUT2D eigenvalue weighted by atomic mass is 79.9. The van der Waals surface area contributed by atoms with Crippen molar-refractivity contribution in [2.45, 2.75) is 82.2 Å². The lowest BCUT2D eigenvalue weighted by atomic mass is 9.98. The second-order valence-electron chi connectivity index (χ2n) is 9.86. The first-order valence-electron chi connectivity index (χ1n) is 12.8. The van der Waals surface area contributed by atoms with Crippen molar-refractivity contribution in [1.29, 1.82) is 0 Å². The van der Waals surface area contributed by atoms with E-state index >= 15 is 4.39 Å². The number of carbonyl (C=O) groups is 1. The van der Waals surface area contributed by atoms with Crippen molar-refractivity contribution in [3.63, 3.8) is 0 Å². The van der Waals surface area contributed by atoms with Gasteiger partial charge in [-0.2, -0.15) is 0 Å². The van der Waals surface area contributed by atoms with E-state index in [-0.39, 0.29) is 24.2 Å². The molecule has 1 saturated carbocycles. The summed E-state index contributed by atoms with van der Waals surface area (Å²) >= 11 is 3.31. The molecule has 2 aromatic rings. The third-order valence-electron chi connectivity index (χ3n) is 6.75. The molecule has 0 amide bonds. The van der Waals surface area contributed by atoms with Crippen LogP contribution in [0.25, 0.3) is 0 Å². The molecule has 2 fully saturated rings. The molecule has 40 heavy (non-hydrogen) atoms. The van der Waals surface area contributed by atoms with E-state index in [4.69, 9.17) is 18.7 Å². The fourth-order valence-corrected chi connectivity index (χ4v) is 5.63. The number of rotatable bonds is 9. The number of halogens is 2. The molecule has 1 saturated heterocycles. The number of benzene rings is 1. The molecule has 1 aromatic carbocycles. The first kappa shape index (κ1) is 30.3. The third kappa shape index (κ3) is 7.16. The van der Waals surface area contributed by atoms with Crippen LogP contribution in [-0.2, 0) is 14.3 Å². The van der Waals surface area contributed by atoms with Crippen molar-refractivity contribution >= 4 is 30.1 Å². The molecule has 0 bridgehead atoms. The van der Waals surface area contributed by atoms with Crippen LogP contribution in [0.1, 0.15) is 52.2 Å². The minimum absolute atomic E-state index is 0.0183. The molecule has 0 spiro atoms. The Kier molecular flexibility index (Phi) is 9.78. The maximum atomic E-state index is 15.5. The van der Waals surface area contributed by atoms with Crippen molar-refractivity contribution in [1.82, 2.24) is 9.55 Å². The van der Waals surface area contributed by atoms with Crippen molar-refractivity contribution in [2.75, 3.05) is 6.61 Å². The van der Waals surface area contributed by atoms with E-state index < -0.39 is 55.5 Å². The molecular formula is C25H30BrFN3O9P. The van der Waals surface area contributed by atoms with E-state index in [1.165, 1.54) is 19.1 Å². The summed E-state index contributed by atoms with van der Waals surface area (Å²) in [6.45, 7) is 2.16. The van der Waals surface area contributed by atoms with E-state index in [2.05, 4.69) is 20.7 Å². The fourth-order valence-electron chi connectivity index (χ4n) is 4.55. The van der Waals surface area contributed by atoms with Gasteiger partial charge in [0, 0.05) is 16.7 Å². The van der Waals surface area contributed by atoms with Gasteiger partial charge in [0.1, 0.15) is 24.9 Å². The molecule has 0 radical (unpaired) electrons. The molecule has 2 heterocycles. The monoisotopic (exact) mass is 645 g/mol. The van der Waals surface area contributed by atoms with Crippen LogP contribution in [0.3, 0.4) is 0 Å². The van der Waals surface area contributed by atoms with Gasteiger partial charge in [-0.25, -0.2) is 14.0 Å². The van der Waals surface area contributed by atoms with Gasteiger partial charge in [0.2, 0.25) is 5.75 Å². The van der Waals surface area contributed by atoms with E-state index in [0.29, 0.717) is 4.47 Å². The molecule has 1 aromatic heterocycles. The predicted molar refractivity (Wildman–Crippen MR) is 143 cm³/mol. The maximum Gasteiger partial charge on any atom is 0.395 e. The molecule has 4 rings (SSSR count). The molecular weight excluding hydrogens is 616 g/mol. The van der Waals surface area contributed by atoms with Crippen molar-refractivity contribution in [3.05, 3.63) is 55.8 Å². The average molecular weight is 646 g/mol. The number of hydrogen-bond acceptors (Lipinski definition) is 10. The lowest BCUT2D eigenvalue weighted by molar-refractivity contribution is -0.170. The highest BCUT2D eigenvalue weighted by Crippen LogP contribution is 2.42. The number of aliphatic hydroxyl groups excluding tert-OH is 1. The smallest absolute Gasteiger partial charge is 0.395 e. The first-order chi connectivity index (χ1) is 19.0. The summed E-state index contributed by atoms with van der Waals surface area (Å²) in [7, 11) is -2.70. The van der Waals surface area contributed by atoms with Gasteiger partial charge in [-0.3, -0.25) is 18.9 Å². The Morgan fingerprint density at radius 2 is 2.05 bits per heavy atom. The number of aromatic nitrogens is 2. The first-order valence-corrected chi connectivity index (χ1v) is 14.7. The number of aromatic amines is 1. The van der Waals surface area contributed by atoms with E-state index in [1.807, 2.05) is 4.98 Å². The van der Waals surface area contributed by atoms with Gasteiger partial charge < -0.3 is 24.2 Å². The SMILES string of the molecule is C[C@H](N=[P+]([O-])Oc1ccc(Br)cc1OC[C@H]1OC(n2ccc(=O)[nH]c2=O)[C@](C)(F)[C@@H]1O)C(=O)OC1CCCCC1. The number of nitrogens with one attached hydrogen (secondary N) is 1. The van der Waals surface area contributed by atoms with Crippen molar-refractivity contribution in [2.24, 2.45) is 4.74 Å². The Morgan fingerprint density at radius 1 is 1.32 bits per heavy atom. The highest BCUT2D eigenvalue weighted by molar-refractivity contribution is 9.10. The molecule has 1 aliphatic carbocycles. The summed E-state index contributed by atoms with van der Waals surface area (Å²) in [5.74, 6) is -0.486. The maximum absolute atomic E-state index is 15.5. The van der Waals surface area contributed by atoms with Gasteiger partial charge in [0.05, 0.1) is 0 Å². The lowest BCUT2D eigenvalue weighted by Crippen LogP contribution is -2.43. The van der Waals surface area contributed by atoms with Gasteiger partial charge in [-0.15, -0.1) is 0 Å². The standard InChI is InChI=1S/C25H30BrFN3O9P/c1-14(22(33)37-16-6-4-3-5-7-16)29-40(35)39-17-9-8-15(26)12-18(17)36-13-19-21(32)25(2,27)23(38-19)30-11-10-20(31)28-24(30)34/h8-12,14,16,19,21,23,32H,3-7,13H2,1-2H3,(H,28,31,34)/t14-,19+,21+,23?,25+/m0/s1. The third-order valence-corrected chi connectivity index (χ3v) is 8.13. The van der Waals surface area contributed by atoms with Crippen LogP contribution in [0.5, 0.6) is 11.5 Å². The van der Waals surface area contributed by atoms with Crippen LogP contribution < -0.4 is 25.4 Å². The number of carbonyl (C=O) groups excluding carboxylic acids is 1. The lowest BCUT2D eigenvalue weighted by Gasteiger charge is -2.24. The Balaban J connectivity index is 1.42. The summed E-state index contributed by atoms with van der Waals surface area (Å²) in [5, 5.41) is 10.6. The molecule has 6 atom stereocenters. The van der Waals surface area contributed by atoms with Crippen LogP contribution in [0, 0.1) is 0 Å². The average Bonchev–Trinajstić information content (AvgIpc) is 3.12. The number of H-pyrrole nitrogens is 1. The van der Waals surface area contributed by atoms with Crippen molar-refractivity contribution < 1.29 is 37.9 Å². The second kappa shape index (κ2) is 12.9. The number of aliphatic hydroxyl groups is 1.